The Bertz CT molecular complexity index is 450. The van der Waals surface area contributed by atoms with Crippen molar-refractivity contribution < 1.29 is 4.42 Å². The smallest absolute Gasteiger partial charge is 0.183 e. The van der Waals surface area contributed by atoms with Gasteiger partial charge in [-0.3, -0.25) is 0 Å². The second-order valence-corrected chi connectivity index (χ2v) is 5.08. The van der Waals surface area contributed by atoms with Gasteiger partial charge in [-0.1, -0.05) is 0 Å². The molecule has 3 nitrogen and oxygen atoms in total. The average molecular weight is 287 g/mol. The van der Waals surface area contributed by atoms with Gasteiger partial charge in [0.2, 0.25) is 0 Å². The van der Waals surface area contributed by atoms with Crippen LogP contribution < -0.4 is 5.32 Å². The largest absolute Gasteiger partial charge is 0.448 e. The predicted octanol–water partition coefficient (Wildman–Crippen LogP) is 3.99. The van der Waals surface area contributed by atoms with Crippen LogP contribution in [0.4, 0.5) is 5.13 Å². The van der Waals surface area contributed by atoms with Gasteiger partial charge in [-0.05, 0) is 41.9 Å². The first-order valence-electron chi connectivity index (χ1n) is 4.63. The van der Waals surface area contributed by atoms with Crippen LogP contribution in [0.5, 0.6) is 0 Å². The molecule has 0 radical (unpaired) electrons. The van der Waals surface area contributed by atoms with Crippen LogP contribution in [0.1, 0.15) is 13.8 Å². The molecular formula is C10H11BrN2OS. The molecule has 0 aliphatic rings. The number of rotatable bonds is 3. The first-order valence-corrected chi connectivity index (χ1v) is 6.30. The van der Waals surface area contributed by atoms with E-state index in [1.165, 1.54) is 0 Å². The van der Waals surface area contributed by atoms with Crippen LogP contribution in [-0.4, -0.2) is 11.0 Å². The van der Waals surface area contributed by atoms with Gasteiger partial charge in [-0.25, -0.2) is 4.98 Å². The van der Waals surface area contributed by atoms with Gasteiger partial charge in [-0.2, -0.15) is 0 Å². The molecule has 0 amide bonds. The van der Waals surface area contributed by atoms with Crippen molar-refractivity contribution in [2.45, 2.75) is 19.9 Å². The highest BCUT2D eigenvalue weighted by atomic mass is 79.9. The van der Waals surface area contributed by atoms with Crippen LogP contribution in [0.3, 0.4) is 0 Å². The zero-order valence-electron chi connectivity index (χ0n) is 8.45. The number of furan rings is 1. The highest BCUT2D eigenvalue weighted by Crippen LogP contribution is 2.28. The average Bonchev–Trinajstić information content (AvgIpc) is 2.72. The fourth-order valence-corrected chi connectivity index (χ4v) is 2.31. The number of hydrogen-bond acceptors (Lipinski definition) is 4. The quantitative estimate of drug-likeness (QED) is 0.927. The molecule has 0 unspecified atom stereocenters. The summed E-state index contributed by atoms with van der Waals surface area (Å²) in [7, 11) is 0. The lowest BCUT2D eigenvalue weighted by Gasteiger charge is -2.03. The van der Waals surface area contributed by atoms with Crippen LogP contribution >= 0.6 is 27.3 Å². The molecular weight excluding hydrogens is 276 g/mol. The number of hydrogen-bond donors (Lipinski definition) is 1. The van der Waals surface area contributed by atoms with Crippen molar-refractivity contribution in [1.82, 2.24) is 4.98 Å². The maximum absolute atomic E-state index is 5.42. The fourth-order valence-electron chi connectivity index (χ4n) is 1.15. The van der Waals surface area contributed by atoms with Gasteiger partial charge in [0.05, 0.1) is 0 Å². The van der Waals surface area contributed by atoms with Crippen LogP contribution in [0.15, 0.2) is 26.6 Å². The van der Waals surface area contributed by atoms with E-state index >= 15 is 0 Å². The highest BCUT2D eigenvalue weighted by Gasteiger charge is 2.08. The summed E-state index contributed by atoms with van der Waals surface area (Å²) in [4.78, 5) is 4.43. The number of thiazole rings is 1. The van der Waals surface area contributed by atoms with E-state index in [0.29, 0.717) is 6.04 Å². The van der Waals surface area contributed by atoms with Gasteiger partial charge < -0.3 is 9.73 Å². The molecule has 0 aliphatic carbocycles. The standard InChI is InChI=1S/C10H11BrN2OS/c1-6(2)12-10-13-7(5-15-10)8-3-4-9(11)14-8/h3-6H,1-2H3,(H,12,13). The molecule has 0 aliphatic heterocycles. The van der Waals surface area contributed by atoms with E-state index in [9.17, 15) is 0 Å². The summed E-state index contributed by atoms with van der Waals surface area (Å²) in [6, 6.07) is 4.16. The predicted molar refractivity (Wildman–Crippen MR) is 66.3 cm³/mol. The highest BCUT2D eigenvalue weighted by molar-refractivity contribution is 9.10. The zero-order chi connectivity index (χ0) is 10.8. The lowest BCUT2D eigenvalue weighted by Crippen LogP contribution is -2.08. The van der Waals surface area contributed by atoms with Crippen molar-refractivity contribution >= 4 is 32.4 Å². The van der Waals surface area contributed by atoms with Crippen molar-refractivity contribution in [3.05, 3.63) is 22.2 Å². The minimum atomic E-state index is 0.396. The van der Waals surface area contributed by atoms with Gasteiger partial charge in [0.1, 0.15) is 5.69 Å². The van der Waals surface area contributed by atoms with Crippen molar-refractivity contribution in [1.29, 1.82) is 0 Å². The molecule has 2 rings (SSSR count). The Morgan fingerprint density at radius 3 is 2.87 bits per heavy atom. The summed E-state index contributed by atoms with van der Waals surface area (Å²) in [6.45, 7) is 4.18. The van der Waals surface area contributed by atoms with Crippen LogP contribution in [0.25, 0.3) is 11.5 Å². The third-order valence-electron chi connectivity index (χ3n) is 1.74. The first-order chi connectivity index (χ1) is 7.15. The van der Waals surface area contributed by atoms with E-state index in [1.807, 2.05) is 17.5 Å². The van der Waals surface area contributed by atoms with Crippen molar-refractivity contribution in [2.75, 3.05) is 5.32 Å². The number of nitrogens with zero attached hydrogens (tertiary/aromatic N) is 1. The van der Waals surface area contributed by atoms with Gasteiger partial charge in [0.25, 0.3) is 0 Å². The Morgan fingerprint density at radius 2 is 2.27 bits per heavy atom. The van der Waals surface area contributed by atoms with E-state index in [0.717, 1.165) is 21.3 Å². The Balaban J connectivity index is 2.20. The van der Waals surface area contributed by atoms with E-state index in [-0.39, 0.29) is 0 Å². The van der Waals surface area contributed by atoms with Crippen molar-refractivity contribution in [3.63, 3.8) is 0 Å². The molecule has 15 heavy (non-hydrogen) atoms. The number of halogens is 1. The molecule has 0 fully saturated rings. The Kier molecular flexibility index (Phi) is 3.11. The minimum Gasteiger partial charge on any atom is -0.448 e. The van der Waals surface area contributed by atoms with Gasteiger partial charge in [0.15, 0.2) is 15.6 Å². The Morgan fingerprint density at radius 1 is 1.47 bits per heavy atom. The number of nitrogens with one attached hydrogen (secondary N) is 1. The van der Waals surface area contributed by atoms with Crippen molar-refractivity contribution in [2.24, 2.45) is 0 Å². The first kappa shape index (κ1) is 10.7. The molecule has 1 N–H and O–H groups in total. The molecule has 0 bridgehead atoms. The Hall–Kier alpha value is -0.810. The fraction of sp³-hybridized carbons (Fsp3) is 0.300. The van der Waals surface area contributed by atoms with E-state index in [2.05, 4.69) is 40.1 Å². The third kappa shape index (κ3) is 2.60. The molecule has 0 saturated carbocycles. The molecule has 2 aromatic heterocycles. The van der Waals surface area contributed by atoms with E-state index < -0.39 is 0 Å². The van der Waals surface area contributed by atoms with Gasteiger partial charge in [0, 0.05) is 11.4 Å². The summed E-state index contributed by atoms with van der Waals surface area (Å²) in [6.07, 6.45) is 0. The zero-order valence-corrected chi connectivity index (χ0v) is 10.9. The monoisotopic (exact) mass is 286 g/mol. The van der Waals surface area contributed by atoms with E-state index in [1.54, 1.807) is 11.3 Å². The van der Waals surface area contributed by atoms with Crippen LogP contribution in [-0.2, 0) is 0 Å². The second-order valence-electron chi connectivity index (χ2n) is 3.44. The van der Waals surface area contributed by atoms with Crippen molar-refractivity contribution in [3.8, 4) is 11.5 Å². The maximum Gasteiger partial charge on any atom is 0.183 e. The molecule has 0 spiro atoms. The second kappa shape index (κ2) is 4.37. The maximum atomic E-state index is 5.42. The number of aromatic nitrogens is 1. The topological polar surface area (TPSA) is 38.1 Å². The van der Waals surface area contributed by atoms with E-state index in [4.69, 9.17) is 4.42 Å². The molecule has 2 aromatic rings. The lowest BCUT2D eigenvalue weighted by atomic mass is 10.4. The molecule has 0 saturated heterocycles. The van der Waals surface area contributed by atoms with Gasteiger partial charge in [-0.15, -0.1) is 11.3 Å². The lowest BCUT2D eigenvalue weighted by molar-refractivity contribution is 0.554. The van der Waals surface area contributed by atoms with Crippen LogP contribution in [0.2, 0.25) is 0 Å². The summed E-state index contributed by atoms with van der Waals surface area (Å²) in [5.41, 5.74) is 0.869. The normalized spacial score (nSPS) is 10.9. The number of anilines is 1. The molecule has 0 atom stereocenters. The molecule has 2 heterocycles. The molecule has 0 aromatic carbocycles. The summed E-state index contributed by atoms with van der Waals surface area (Å²) in [5.74, 6) is 0.787. The molecule has 5 heteroatoms. The minimum absolute atomic E-state index is 0.396. The Labute approximate surface area is 101 Å². The summed E-state index contributed by atoms with van der Waals surface area (Å²) >= 11 is 4.85. The summed E-state index contributed by atoms with van der Waals surface area (Å²) < 4.78 is 6.15. The van der Waals surface area contributed by atoms with Gasteiger partial charge >= 0.3 is 0 Å². The molecule has 80 valence electrons. The third-order valence-corrected chi connectivity index (χ3v) is 2.94. The SMILES string of the molecule is CC(C)Nc1nc(-c2ccc(Br)o2)cs1. The van der Waals surface area contributed by atoms with Crippen LogP contribution in [0, 0.1) is 0 Å². The summed E-state index contributed by atoms with van der Waals surface area (Å²) in [5, 5.41) is 6.16.